The molecule has 1 aromatic rings. The van der Waals surface area contributed by atoms with Crippen LogP contribution < -0.4 is 5.32 Å². The van der Waals surface area contributed by atoms with Gasteiger partial charge in [-0.2, -0.15) is 5.10 Å². The zero-order valence-corrected chi connectivity index (χ0v) is 12.1. The van der Waals surface area contributed by atoms with Gasteiger partial charge in [0.2, 0.25) is 0 Å². The molecule has 2 unspecified atom stereocenters. The number of hydrogen-bond acceptors (Lipinski definition) is 4. The lowest BCUT2D eigenvalue weighted by molar-refractivity contribution is -0.148. The van der Waals surface area contributed by atoms with E-state index in [0.717, 1.165) is 22.8 Å². The topological polar surface area (TPSA) is 56.1 Å². The maximum atomic E-state index is 11.8. The van der Waals surface area contributed by atoms with Crippen molar-refractivity contribution in [3.05, 3.63) is 16.0 Å². The van der Waals surface area contributed by atoms with Crippen molar-refractivity contribution in [1.82, 2.24) is 15.1 Å². The quantitative estimate of drug-likeness (QED) is 0.661. The summed E-state index contributed by atoms with van der Waals surface area (Å²) >= 11 is 2.24. The molecule has 17 heavy (non-hydrogen) atoms. The van der Waals surface area contributed by atoms with Gasteiger partial charge in [0.25, 0.3) is 0 Å². The number of nitrogens with one attached hydrogen (secondary N) is 1. The summed E-state index contributed by atoms with van der Waals surface area (Å²) in [7, 11) is 3.25. The normalized spacial score (nSPS) is 28.3. The smallest absolute Gasteiger partial charge is 0.326 e. The number of carbonyl (C=O) groups excluding carboxylic acids is 1. The van der Waals surface area contributed by atoms with Crippen LogP contribution in [0.25, 0.3) is 0 Å². The van der Waals surface area contributed by atoms with E-state index in [-0.39, 0.29) is 12.0 Å². The second-order valence-corrected chi connectivity index (χ2v) is 5.60. The third-order valence-electron chi connectivity index (χ3n) is 3.49. The van der Waals surface area contributed by atoms with Crippen LogP contribution in [0.15, 0.2) is 12.4 Å². The Morgan fingerprint density at radius 3 is 3.06 bits per heavy atom. The van der Waals surface area contributed by atoms with Crippen LogP contribution in [-0.4, -0.2) is 35.4 Å². The van der Waals surface area contributed by atoms with Crippen molar-refractivity contribution in [1.29, 1.82) is 0 Å². The minimum Gasteiger partial charge on any atom is -0.468 e. The van der Waals surface area contributed by atoms with Crippen LogP contribution in [0.4, 0.5) is 0 Å². The Hall–Kier alpha value is -0.630. The molecule has 1 aromatic heterocycles. The first-order chi connectivity index (χ1) is 8.11. The van der Waals surface area contributed by atoms with Crippen molar-refractivity contribution < 1.29 is 9.53 Å². The monoisotopic (exact) mass is 349 g/mol. The number of halogens is 1. The van der Waals surface area contributed by atoms with Crippen LogP contribution in [0.2, 0.25) is 0 Å². The van der Waals surface area contributed by atoms with E-state index in [0.29, 0.717) is 0 Å². The highest BCUT2D eigenvalue weighted by Gasteiger charge is 2.45. The van der Waals surface area contributed by atoms with Gasteiger partial charge in [-0.05, 0) is 48.9 Å². The van der Waals surface area contributed by atoms with Crippen LogP contribution in [0.1, 0.15) is 25.3 Å². The van der Waals surface area contributed by atoms with Gasteiger partial charge in [0.15, 0.2) is 0 Å². The van der Waals surface area contributed by atoms with Crippen LogP contribution in [0.5, 0.6) is 0 Å². The van der Waals surface area contributed by atoms with Crippen LogP contribution in [0.3, 0.4) is 0 Å². The Kier molecular flexibility index (Phi) is 3.72. The molecule has 2 atom stereocenters. The van der Waals surface area contributed by atoms with Gasteiger partial charge in [-0.15, -0.1) is 0 Å². The zero-order valence-electron chi connectivity index (χ0n) is 9.94. The van der Waals surface area contributed by atoms with Crippen molar-refractivity contribution in [3.63, 3.8) is 0 Å². The van der Waals surface area contributed by atoms with Gasteiger partial charge < -0.3 is 10.1 Å². The first kappa shape index (κ1) is 12.8. The Labute approximate surface area is 114 Å². The molecule has 0 radical (unpaired) electrons. The van der Waals surface area contributed by atoms with Crippen LogP contribution in [-0.2, 0) is 9.53 Å². The molecule has 94 valence electrons. The number of likely N-dealkylation sites (N-methyl/N-ethyl adjacent to an activating group) is 1. The summed E-state index contributed by atoms with van der Waals surface area (Å²) < 4.78 is 7.95. The summed E-state index contributed by atoms with van der Waals surface area (Å²) in [5.74, 6) is -0.177. The summed E-state index contributed by atoms with van der Waals surface area (Å²) in [6.07, 6.45) is 6.30. The van der Waals surface area contributed by atoms with Crippen molar-refractivity contribution in [3.8, 4) is 0 Å². The predicted octanol–water partition coefficient (Wildman–Crippen LogP) is 1.34. The molecule has 0 bridgehead atoms. The number of methoxy groups -OCH3 is 1. The van der Waals surface area contributed by atoms with E-state index in [1.54, 1.807) is 0 Å². The van der Waals surface area contributed by atoms with E-state index in [1.807, 2.05) is 24.1 Å². The van der Waals surface area contributed by atoms with Gasteiger partial charge in [-0.25, -0.2) is 0 Å². The Bertz CT molecular complexity index is 421. The van der Waals surface area contributed by atoms with Gasteiger partial charge >= 0.3 is 5.97 Å². The average molecular weight is 349 g/mol. The highest BCUT2D eigenvalue weighted by atomic mass is 127. The summed E-state index contributed by atoms with van der Waals surface area (Å²) in [6, 6.07) is 0.269. The Balaban J connectivity index is 2.15. The number of rotatable bonds is 3. The second-order valence-electron chi connectivity index (χ2n) is 4.36. The van der Waals surface area contributed by atoms with Gasteiger partial charge in [0, 0.05) is 6.20 Å². The molecule has 1 aliphatic rings. The lowest BCUT2D eigenvalue weighted by atomic mass is 9.98. The van der Waals surface area contributed by atoms with Gasteiger partial charge in [-0.3, -0.25) is 9.48 Å². The van der Waals surface area contributed by atoms with Crippen LogP contribution in [0, 0.1) is 3.57 Å². The molecule has 1 saturated carbocycles. The van der Waals surface area contributed by atoms with Crippen LogP contribution >= 0.6 is 22.6 Å². The molecule has 1 heterocycles. The molecular formula is C11H16IN3O2. The molecule has 0 saturated heterocycles. The maximum absolute atomic E-state index is 11.8. The molecule has 5 nitrogen and oxygen atoms in total. The molecule has 0 spiro atoms. The second kappa shape index (κ2) is 4.93. The van der Waals surface area contributed by atoms with Crippen molar-refractivity contribution in [2.24, 2.45) is 0 Å². The Morgan fingerprint density at radius 2 is 2.53 bits per heavy atom. The molecular weight excluding hydrogens is 333 g/mol. The molecule has 1 fully saturated rings. The average Bonchev–Trinajstić information content (AvgIpc) is 2.94. The van der Waals surface area contributed by atoms with Crippen molar-refractivity contribution in [2.45, 2.75) is 30.8 Å². The van der Waals surface area contributed by atoms with E-state index < -0.39 is 5.54 Å². The Morgan fingerprint density at radius 1 is 1.76 bits per heavy atom. The standard InChI is InChI=1S/C11H16IN3O2/c1-13-11(10(16)17-2)4-3-9(5-11)15-7-8(12)6-14-15/h6-7,9,13H,3-5H2,1-2H3. The first-order valence-electron chi connectivity index (χ1n) is 5.58. The summed E-state index contributed by atoms with van der Waals surface area (Å²) in [5.41, 5.74) is -0.545. The summed E-state index contributed by atoms with van der Waals surface area (Å²) in [5, 5.41) is 7.43. The highest BCUT2D eigenvalue weighted by Crippen LogP contribution is 2.38. The molecule has 2 rings (SSSR count). The van der Waals surface area contributed by atoms with E-state index in [4.69, 9.17) is 4.74 Å². The maximum Gasteiger partial charge on any atom is 0.326 e. The van der Waals surface area contributed by atoms with Gasteiger partial charge in [0.1, 0.15) is 5.54 Å². The fourth-order valence-corrected chi connectivity index (χ4v) is 2.88. The minimum absolute atomic E-state index is 0.177. The number of hydrogen-bond donors (Lipinski definition) is 1. The minimum atomic E-state index is -0.545. The SMILES string of the molecule is CNC1(C(=O)OC)CCC(n2cc(I)cn2)C1. The third kappa shape index (κ3) is 2.33. The fraction of sp³-hybridized carbons (Fsp3) is 0.636. The lowest BCUT2D eigenvalue weighted by Gasteiger charge is -2.25. The number of nitrogens with zero attached hydrogens (tertiary/aromatic N) is 2. The molecule has 0 aromatic carbocycles. The van der Waals surface area contributed by atoms with Crippen molar-refractivity contribution in [2.75, 3.05) is 14.2 Å². The molecule has 1 aliphatic carbocycles. The van der Waals surface area contributed by atoms with Crippen molar-refractivity contribution >= 4 is 28.6 Å². The number of ether oxygens (including phenoxy) is 1. The number of aromatic nitrogens is 2. The lowest BCUT2D eigenvalue weighted by Crippen LogP contribution is -2.49. The molecule has 0 aliphatic heterocycles. The van der Waals surface area contributed by atoms with Gasteiger partial charge in [0.05, 0.1) is 22.9 Å². The third-order valence-corrected chi connectivity index (χ3v) is 4.04. The summed E-state index contributed by atoms with van der Waals surface area (Å²) in [4.78, 5) is 11.8. The first-order valence-corrected chi connectivity index (χ1v) is 6.66. The fourth-order valence-electron chi connectivity index (χ4n) is 2.47. The van der Waals surface area contributed by atoms with Gasteiger partial charge in [-0.1, -0.05) is 0 Å². The molecule has 6 heteroatoms. The van der Waals surface area contributed by atoms with E-state index in [2.05, 4.69) is 33.0 Å². The molecule has 0 amide bonds. The number of esters is 1. The molecule has 1 N–H and O–H groups in total. The predicted molar refractivity (Wildman–Crippen MR) is 71.6 cm³/mol. The summed E-state index contributed by atoms with van der Waals surface area (Å²) in [6.45, 7) is 0. The van der Waals surface area contributed by atoms with E-state index >= 15 is 0 Å². The zero-order chi connectivity index (χ0) is 12.5. The van der Waals surface area contributed by atoms with E-state index in [1.165, 1.54) is 7.11 Å². The largest absolute Gasteiger partial charge is 0.468 e. The number of carbonyl (C=O) groups is 1. The highest BCUT2D eigenvalue weighted by molar-refractivity contribution is 14.1. The van der Waals surface area contributed by atoms with E-state index in [9.17, 15) is 4.79 Å².